The highest BCUT2D eigenvalue weighted by molar-refractivity contribution is 9.10. The molecule has 0 aliphatic heterocycles. The van der Waals surface area contributed by atoms with E-state index in [9.17, 15) is 0 Å². The van der Waals surface area contributed by atoms with Crippen LogP contribution in [0.3, 0.4) is 0 Å². The Kier molecular flexibility index (Phi) is 5.30. The van der Waals surface area contributed by atoms with Crippen LogP contribution in [0.4, 0.5) is 0 Å². The van der Waals surface area contributed by atoms with Crippen LogP contribution in [-0.4, -0.2) is 6.54 Å². The van der Waals surface area contributed by atoms with E-state index < -0.39 is 0 Å². The van der Waals surface area contributed by atoms with Gasteiger partial charge in [0.2, 0.25) is 0 Å². The summed E-state index contributed by atoms with van der Waals surface area (Å²) in [6.45, 7) is 0.627. The minimum absolute atomic E-state index is 0.291. The maximum absolute atomic E-state index is 5.88. The van der Waals surface area contributed by atoms with E-state index in [1.54, 1.807) is 11.8 Å². The summed E-state index contributed by atoms with van der Waals surface area (Å²) in [6.07, 6.45) is 0. The number of rotatable bonds is 4. The molecule has 0 fully saturated rings. The Balaban J connectivity index is 2.14. The lowest BCUT2D eigenvalue weighted by atomic mass is 10.1. The molecule has 18 heavy (non-hydrogen) atoms. The smallest absolute Gasteiger partial charge is 0.0466 e. The van der Waals surface area contributed by atoms with Crippen LogP contribution in [0.15, 0.2) is 62.4 Å². The summed E-state index contributed by atoms with van der Waals surface area (Å²) in [7, 11) is 0. The SMILES string of the molecule is NCC(Sc1ccc(Br)cc1)c1ccc(Br)cc1. The second-order valence-electron chi connectivity index (χ2n) is 3.85. The fraction of sp³-hybridized carbons (Fsp3) is 0.143. The third kappa shape index (κ3) is 3.85. The third-order valence-electron chi connectivity index (χ3n) is 2.55. The Morgan fingerprint density at radius 2 is 1.39 bits per heavy atom. The summed E-state index contributed by atoms with van der Waals surface area (Å²) in [4.78, 5) is 1.23. The molecule has 0 amide bonds. The molecule has 1 nitrogen and oxygen atoms in total. The molecule has 1 atom stereocenters. The summed E-state index contributed by atoms with van der Waals surface area (Å²) < 4.78 is 2.19. The van der Waals surface area contributed by atoms with E-state index in [0.717, 1.165) is 8.95 Å². The fourth-order valence-corrected chi connectivity index (χ4v) is 3.15. The van der Waals surface area contributed by atoms with E-state index in [1.807, 2.05) is 0 Å². The molecular weight excluding hydrogens is 374 g/mol. The average molecular weight is 387 g/mol. The van der Waals surface area contributed by atoms with Crippen LogP contribution in [0.1, 0.15) is 10.8 Å². The first-order valence-corrected chi connectivity index (χ1v) is 8.03. The predicted octanol–water partition coefficient (Wildman–Crippen LogP) is 5.00. The second-order valence-corrected chi connectivity index (χ2v) is 6.96. The standard InChI is InChI=1S/C14H13Br2NS/c15-11-3-1-10(2-4-11)14(9-17)18-13-7-5-12(16)6-8-13/h1-8,14H,9,17H2. The molecule has 0 aliphatic rings. The molecule has 0 heterocycles. The Morgan fingerprint density at radius 1 is 0.889 bits per heavy atom. The summed E-state index contributed by atoms with van der Waals surface area (Å²) in [6, 6.07) is 16.7. The molecule has 0 spiro atoms. The van der Waals surface area contributed by atoms with Gasteiger partial charge < -0.3 is 5.73 Å². The van der Waals surface area contributed by atoms with Crippen LogP contribution in [-0.2, 0) is 0 Å². The maximum atomic E-state index is 5.88. The first kappa shape index (κ1) is 14.1. The summed E-state index contributed by atoms with van der Waals surface area (Å²) in [5.74, 6) is 0. The largest absolute Gasteiger partial charge is 0.329 e. The minimum Gasteiger partial charge on any atom is -0.329 e. The van der Waals surface area contributed by atoms with Crippen molar-refractivity contribution in [2.24, 2.45) is 5.73 Å². The molecule has 1 unspecified atom stereocenters. The molecule has 0 radical (unpaired) electrons. The maximum Gasteiger partial charge on any atom is 0.0466 e. The third-order valence-corrected chi connectivity index (χ3v) is 4.90. The molecule has 0 saturated carbocycles. The van der Waals surface area contributed by atoms with Crippen LogP contribution >= 0.6 is 43.6 Å². The molecule has 2 rings (SSSR count). The van der Waals surface area contributed by atoms with Crippen LogP contribution in [0.5, 0.6) is 0 Å². The summed E-state index contributed by atoms with van der Waals surface area (Å²) in [5.41, 5.74) is 7.14. The molecule has 94 valence electrons. The molecule has 0 aromatic heterocycles. The van der Waals surface area contributed by atoms with Gasteiger partial charge in [-0.25, -0.2) is 0 Å². The van der Waals surface area contributed by atoms with Crippen LogP contribution in [0.2, 0.25) is 0 Å². The lowest BCUT2D eigenvalue weighted by Crippen LogP contribution is -2.09. The number of hydrogen-bond acceptors (Lipinski definition) is 2. The van der Waals surface area contributed by atoms with Gasteiger partial charge in [0.15, 0.2) is 0 Å². The van der Waals surface area contributed by atoms with Crippen molar-refractivity contribution >= 4 is 43.6 Å². The van der Waals surface area contributed by atoms with Crippen molar-refractivity contribution in [2.45, 2.75) is 10.1 Å². The van der Waals surface area contributed by atoms with Gasteiger partial charge in [-0.05, 0) is 42.0 Å². The summed E-state index contributed by atoms with van der Waals surface area (Å²) in [5, 5.41) is 0.291. The van der Waals surface area contributed by atoms with Gasteiger partial charge in [0.25, 0.3) is 0 Å². The van der Waals surface area contributed by atoms with Crippen LogP contribution in [0.25, 0.3) is 0 Å². The number of benzene rings is 2. The molecule has 4 heteroatoms. The lowest BCUT2D eigenvalue weighted by molar-refractivity contribution is 0.940. The highest BCUT2D eigenvalue weighted by Crippen LogP contribution is 2.35. The molecule has 0 saturated heterocycles. The van der Waals surface area contributed by atoms with Crippen molar-refractivity contribution in [1.82, 2.24) is 0 Å². The van der Waals surface area contributed by atoms with Gasteiger partial charge in [-0.3, -0.25) is 0 Å². The Hall–Kier alpha value is -0.290. The average Bonchev–Trinajstić information content (AvgIpc) is 2.39. The van der Waals surface area contributed by atoms with Crippen LogP contribution < -0.4 is 5.73 Å². The van der Waals surface area contributed by atoms with E-state index in [1.165, 1.54) is 10.5 Å². The van der Waals surface area contributed by atoms with Gasteiger partial charge in [-0.15, -0.1) is 11.8 Å². The molecular formula is C14H13Br2NS. The highest BCUT2D eigenvalue weighted by atomic mass is 79.9. The second kappa shape index (κ2) is 6.75. The van der Waals surface area contributed by atoms with Gasteiger partial charge >= 0.3 is 0 Å². The van der Waals surface area contributed by atoms with Crippen molar-refractivity contribution in [3.05, 3.63) is 63.0 Å². The number of halogens is 2. The van der Waals surface area contributed by atoms with E-state index in [-0.39, 0.29) is 0 Å². The van der Waals surface area contributed by atoms with E-state index in [4.69, 9.17) is 5.73 Å². The molecule has 2 aromatic carbocycles. The first-order chi connectivity index (χ1) is 8.69. The normalized spacial score (nSPS) is 12.4. The zero-order valence-electron chi connectivity index (χ0n) is 9.64. The molecule has 2 N–H and O–H groups in total. The first-order valence-electron chi connectivity index (χ1n) is 5.57. The Morgan fingerprint density at radius 3 is 1.89 bits per heavy atom. The van der Waals surface area contributed by atoms with Gasteiger partial charge in [0.05, 0.1) is 0 Å². The topological polar surface area (TPSA) is 26.0 Å². The molecule has 2 aromatic rings. The van der Waals surface area contributed by atoms with Crippen molar-refractivity contribution in [2.75, 3.05) is 6.54 Å². The minimum atomic E-state index is 0.291. The van der Waals surface area contributed by atoms with Gasteiger partial charge in [0.1, 0.15) is 0 Å². The zero-order chi connectivity index (χ0) is 13.0. The number of hydrogen-bond donors (Lipinski definition) is 1. The van der Waals surface area contributed by atoms with Crippen molar-refractivity contribution < 1.29 is 0 Å². The van der Waals surface area contributed by atoms with Crippen molar-refractivity contribution in [1.29, 1.82) is 0 Å². The monoisotopic (exact) mass is 385 g/mol. The quantitative estimate of drug-likeness (QED) is 0.748. The Labute approximate surface area is 128 Å². The lowest BCUT2D eigenvalue weighted by Gasteiger charge is -2.15. The van der Waals surface area contributed by atoms with E-state index in [0.29, 0.717) is 11.8 Å². The van der Waals surface area contributed by atoms with E-state index >= 15 is 0 Å². The van der Waals surface area contributed by atoms with Gasteiger partial charge in [-0.2, -0.15) is 0 Å². The van der Waals surface area contributed by atoms with E-state index in [2.05, 4.69) is 80.4 Å². The van der Waals surface area contributed by atoms with Gasteiger partial charge in [0, 0.05) is 25.6 Å². The van der Waals surface area contributed by atoms with Gasteiger partial charge in [-0.1, -0.05) is 44.0 Å². The molecule has 0 bridgehead atoms. The summed E-state index contributed by atoms with van der Waals surface area (Å²) >= 11 is 8.69. The Bertz CT molecular complexity index is 496. The van der Waals surface area contributed by atoms with Crippen molar-refractivity contribution in [3.63, 3.8) is 0 Å². The fourth-order valence-electron chi connectivity index (χ4n) is 1.61. The number of nitrogens with two attached hydrogens (primary N) is 1. The van der Waals surface area contributed by atoms with Crippen LogP contribution in [0, 0.1) is 0 Å². The molecule has 0 aliphatic carbocycles. The zero-order valence-corrected chi connectivity index (χ0v) is 13.6. The number of thioether (sulfide) groups is 1. The van der Waals surface area contributed by atoms with Crippen molar-refractivity contribution in [3.8, 4) is 0 Å². The highest BCUT2D eigenvalue weighted by Gasteiger charge is 2.11. The predicted molar refractivity (Wildman–Crippen MR) is 85.9 cm³/mol.